The number of amides is 2. The Bertz CT molecular complexity index is 540. The number of anilines is 1. The van der Waals surface area contributed by atoms with Crippen LogP contribution in [-0.2, 0) is 9.59 Å². The molecule has 1 N–H and O–H groups in total. The summed E-state index contributed by atoms with van der Waals surface area (Å²) in [4.78, 5) is 26.0. The largest absolute Gasteiger partial charge is 0.339 e. The number of hydrogen-bond donors (Lipinski definition) is 1. The van der Waals surface area contributed by atoms with Crippen molar-refractivity contribution in [3.63, 3.8) is 0 Å². The van der Waals surface area contributed by atoms with Gasteiger partial charge in [-0.25, -0.2) is 0 Å². The van der Waals surface area contributed by atoms with Crippen LogP contribution in [0.5, 0.6) is 0 Å². The first-order chi connectivity index (χ1) is 11.1. The van der Waals surface area contributed by atoms with Crippen LogP contribution >= 0.6 is 15.9 Å². The van der Waals surface area contributed by atoms with Gasteiger partial charge in [-0.2, -0.15) is 0 Å². The monoisotopic (exact) mass is 380 g/mol. The van der Waals surface area contributed by atoms with Gasteiger partial charge in [0.05, 0.1) is 0 Å². The molecule has 0 saturated heterocycles. The molecule has 126 valence electrons. The molecule has 0 aliphatic heterocycles. The number of hydrogen-bond acceptors (Lipinski definition) is 2. The second-order valence-electron chi connectivity index (χ2n) is 6.17. The summed E-state index contributed by atoms with van der Waals surface area (Å²) in [5.41, 5.74) is 0.771. The summed E-state index contributed by atoms with van der Waals surface area (Å²) in [6.07, 6.45) is 7.33. The lowest BCUT2D eigenvalue weighted by Gasteiger charge is -2.30. The van der Waals surface area contributed by atoms with Crippen LogP contribution in [0.2, 0.25) is 0 Å². The van der Waals surface area contributed by atoms with Crippen LogP contribution in [-0.4, -0.2) is 29.3 Å². The van der Waals surface area contributed by atoms with Crippen molar-refractivity contribution in [3.05, 3.63) is 28.7 Å². The Morgan fingerprint density at radius 2 is 1.91 bits per heavy atom. The minimum atomic E-state index is -0.0528. The Morgan fingerprint density at radius 1 is 1.22 bits per heavy atom. The molecule has 0 aromatic heterocycles. The Morgan fingerprint density at radius 3 is 2.52 bits per heavy atom. The van der Waals surface area contributed by atoms with Gasteiger partial charge in [0, 0.05) is 36.1 Å². The lowest BCUT2D eigenvalue weighted by atomic mass is 10.1. The molecule has 0 radical (unpaired) electrons. The van der Waals surface area contributed by atoms with E-state index in [2.05, 4.69) is 21.2 Å². The van der Waals surface area contributed by atoms with Crippen LogP contribution in [0.3, 0.4) is 0 Å². The van der Waals surface area contributed by atoms with Gasteiger partial charge >= 0.3 is 0 Å². The molecule has 0 heterocycles. The number of carbonyl (C=O) groups excluding carboxylic acids is 2. The zero-order valence-electron chi connectivity index (χ0n) is 13.7. The van der Waals surface area contributed by atoms with E-state index in [1.165, 1.54) is 25.7 Å². The van der Waals surface area contributed by atoms with Crippen molar-refractivity contribution in [1.82, 2.24) is 4.90 Å². The van der Waals surface area contributed by atoms with Crippen molar-refractivity contribution in [2.45, 2.75) is 57.9 Å². The quantitative estimate of drug-likeness (QED) is 0.771. The van der Waals surface area contributed by atoms with Crippen molar-refractivity contribution in [3.8, 4) is 0 Å². The molecule has 0 spiro atoms. The molecule has 2 amide bonds. The maximum atomic E-state index is 12.1. The van der Waals surface area contributed by atoms with E-state index < -0.39 is 0 Å². The first-order valence-electron chi connectivity index (χ1n) is 8.39. The second kappa shape index (κ2) is 9.06. The third kappa shape index (κ3) is 5.98. The summed E-state index contributed by atoms with van der Waals surface area (Å²) in [5.74, 6) is 0.0233. The smallest absolute Gasteiger partial charge is 0.226 e. The van der Waals surface area contributed by atoms with Crippen molar-refractivity contribution < 1.29 is 9.59 Å². The highest BCUT2D eigenvalue weighted by atomic mass is 79.9. The van der Waals surface area contributed by atoms with Crippen molar-refractivity contribution in [1.29, 1.82) is 0 Å². The van der Waals surface area contributed by atoms with Gasteiger partial charge < -0.3 is 10.2 Å². The van der Waals surface area contributed by atoms with Gasteiger partial charge in [-0.05, 0) is 31.0 Å². The summed E-state index contributed by atoms with van der Waals surface area (Å²) in [7, 11) is 0. The first kappa shape index (κ1) is 18.0. The fourth-order valence-corrected chi connectivity index (χ4v) is 3.58. The second-order valence-corrected chi connectivity index (χ2v) is 7.08. The molecule has 4 nitrogen and oxygen atoms in total. The molecule has 1 saturated carbocycles. The molecular weight excluding hydrogens is 356 g/mol. The van der Waals surface area contributed by atoms with Gasteiger partial charge in [0.2, 0.25) is 11.8 Å². The summed E-state index contributed by atoms with van der Waals surface area (Å²) < 4.78 is 0.930. The van der Waals surface area contributed by atoms with E-state index in [4.69, 9.17) is 0 Å². The predicted octanol–water partition coefficient (Wildman–Crippen LogP) is 4.35. The number of benzene rings is 1. The van der Waals surface area contributed by atoms with Crippen LogP contribution in [0.25, 0.3) is 0 Å². The molecule has 1 aliphatic rings. The average molecular weight is 381 g/mol. The van der Waals surface area contributed by atoms with Crippen LogP contribution in [0, 0.1) is 0 Å². The maximum absolute atomic E-state index is 12.1. The van der Waals surface area contributed by atoms with E-state index in [9.17, 15) is 9.59 Å². The number of nitrogens with zero attached hydrogens (tertiary/aromatic N) is 1. The van der Waals surface area contributed by atoms with Gasteiger partial charge in [0.25, 0.3) is 0 Å². The highest BCUT2D eigenvalue weighted by molar-refractivity contribution is 9.10. The van der Waals surface area contributed by atoms with E-state index in [-0.39, 0.29) is 11.8 Å². The van der Waals surface area contributed by atoms with Crippen LogP contribution in [0.4, 0.5) is 5.69 Å². The molecule has 0 atom stereocenters. The van der Waals surface area contributed by atoms with Crippen LogP contribution in [0.1, 0.15) is 51.9 Å². The molecule has 1 aromatic carbocycles. The molecular formula is C18H25BrN2O2. The highest BCUT2D eigenvalue weighted by Gasteiger charge is 2.22. The van der Waals surface area contributed by atoms with Gasteiger partial charge in [-0.3, -0.25) is 9.59 Å². The van der Waals surface area contributed by atoms with E-state index in [0.717, 1.165) is 23.0 Å². The standard InChI is InChI=1S/C18H25BrN2O2/c1-14(22)21(17-9-4-2-3-5-10-17)12-11-18(23)20-16-8-6-7-15(19)13-16/h6-8,13,17H,2-5,9-12H2,1H3,(H,20,23). The number of halogens is 1. The van der Waals surface area contributed by atoms with Gasteiger partial charge in [-0.15, -0.1) is 0 Å². The molecule has 1 aliphatic carbocycles. The summed E-state index contributed by atoms with van der Waals surface area (Å²) in [6, 6.07) is 7.82. The van der Waals surface area contributed by atoms with E-state index in [1.54, 1.807) is 6.92 Å². The number of nitrogens with one attached hydrogen (secondary N) is 1. The Hall–Kier alpha value is -1.36. The highest BCUT2D eigenvalue weighted by Crippen LogP contribution is 2.22. The van der Waals surface area contributed by atoms with Crippen molar-refractivity contribution in [2.24, 2.45) is 0 Å². The Balaban J connectivity index is 1.87. The third-order valence-electron chi connectivity index (χ3n) is 4.36. The average Bonchev–Trinajstić information content (AvgIpc) is 2.76. The molecule has 2 rings (SSSR count). The number of carbonyl (C=O) groups is 2. The van der Waals surface area contributed by atoms with Gasteiger partial charge in [0.15, 0.2) is 0 Å². The van der Waals surface area contributed by atoms with Gasteiger partial charge in [0.1, 0.15) is 0 Å². The predicted molar refractivity (Wildman–Crippen MR) is 96.3 cm³/mol. The van der Waals surface area contributed by atoms with Crippen LogP contribution in [0.15, 0.2) is 28.7 Å². The van der Waals surface area contributed by atoms with E-state index in [1.807, 2.05) is 29.2 Å². The molecule has 0 unspecified atom stereocenters. The maximum Gasteiger partial charge on any atom is 0.226 e. The third-order valence-corrected chi connectivity index (χ3v) is 4.85. The van der Waals surface area contributed by atoms with Crippen molar-refractivity contribution >= 4 is 33.4 Å². The lowest BCUT2D eigenvalue weighted by Crippen LogP contribution is -2.40. The molecule has 23 heavy (non-hydrogen) atoms. The molecule has 1 aromatic rings. The lowest BCUT2D eigenvalue weighted by molar-refractivity contribution is -0.131. The Kier molecular flexibility index (Phi) is 7.09. The normalized spacial score (nSPS) is 15.7. The molecule has 0 bridgehead atoms. The minimum Gasteiger partial charge on any atom is -0.339 e. The van der Waals surface area contributed by atoms with E-state index >= 15 is 0 Å². The minimum absolute atomic E-state index is 0.0528. The summed E-state index contributed by atoms with van der Waals surface area (Å²) >= 11 is 3.39. The first-order valence-corrected chi connectivity index (χ1v) is 9.18. The van der Waals surface area contributed by atoms with E-state index in [0.29, 0.717) is 19.0 Å². The zero-order valence-corrected chi connectivity index (χ0v) is 15.3. The molecule has 5 heteroatoms. The van der Waals surface area contributed by atoms with Crippen LogP contribution < -0.4 is 5.32 Å². The molecule has 1 fully saturated rings. The fraction of sp³-hybridized carbons (Fsp3) is 0.556. The Labute approximate surface area is 146 Å². The summed E-state index contributed by atoms with van der Waals surface area (Å²) in [5, 5.41) is 2.89. The fourth-order valence-electron chi connectivity index (χ4n) is 3.18. The number of rotatable bonds is 5. The zero-order chi connectivity index (χ0) is 16.7. The SMILES string of the molecule is CC(=O)N(CCC(=O)Nc1cccc(Br)c1)C1CCCCCC1. The van der Waals surface area contributed by atoms with Gasteiger partial charge in [-0.1, -0.05) is 47.7 Å². The topological polar surface area (TPSA) is 49.4 Å². The van der Waals surface area contributed by atoms with Crippen molar-refractivity contribution in [2.75, 3.05) is 11.9 Å². The summed E-state index contributed by atoms with van der Waals surface area (Å²) in [6.45, 7) is 2.11.